The third-order valence-corrected chi connectivity index (χ3v) is 6.13. The van der Waals surface area contributed by atoms with Crippen molar-refractivity contribution in [3.8, 4) is 0 Å². The molecule has 1 unspecified atom stereocenters. The van der Waals surface area contributed by atoms with Crippen LogP contribution < -0.4 is 10.6 Å². The Morgan fingerprint density at radius 1 is 1.15 bits per heavy atom. The normalized spacial score (nSPS) is 16.1. The Balaban J connectivity index is 0.00000385. The molecule has 1 aliphatic heterocycles. The van der Waals surface area contributed by atoms with Gasteiger partial charge in [-0.3, -0.25) is 9.48 Å². The molecule has 1 fully saturated rings. The second-order valence-electron chi connectivity index (χ2n) is 8.42. The number of guanidine groups is 1. The summed E-state index contributed by atoms with van der Waals surface area (Å²) in [6.07, 6.45) is 3.36. The van der Waals surface area contributed by atoms with Crippen molar-refractivity contribution in [2.45, 2.75) is 53.0 Å². The Kier molecular flexibility index (Phi) is 11.2. The van der Waals surface area contributed by atoms with Crippen molar-refractivity contribution in [1.82, 2.24) is 25.3 Å². The summed E-state index contributed by atoms with van der Waals surface area (Å²) in [4.78, 5) is 19.3. The largest absolute Gasteiger partial charge is 0.357 e. The van der Waals surface area contributed by atoms with Gasteiger partial charge in [0.25, 0.3) is 0 Å². The van der Waals surface area contributed by atoms with Gasteiger partial charge < -0.3 is 15.5 Å². The number of aromatic nitrogens is 2. The quantitative estimate of drug-likeness (QED) is 0.263. The number of likely N-dealkylation sites (tertiary alicyclic amines) is 1. The molecule has 1 aromatic heterocycles. The number of halogens is 1. The van der Waals surface area contributed by atoms with E-state index < -0.39 is 0 Å². The van der Waals surface area contributed by atoms with E-state index in [9.17, 15) is 4.79 Å². The highest BCUT2D eigenvalue weighted by Gasteiger charge is 2.29. The van der Waals surface area contributed by atoms with E-state index in [1.54, 1.807) is 0 Å². The zero-order valence-electron chi connectivity index (χ0n) is 20.4. The minimum atomic E-state index is 0. The molecule has 3 rings (SSSR count). The van der Waals surface area contributed by atoms with Gasteiger partial charge in [-0.15, -0.1) is 24.0 Å². The van der Waals surface area contributed by atoms with E-state index in [4.69, 9.17) is 4.99 Å². The zero-order valence-corrected chi connectivity index (χ0v) is 22.8. The van der Waals surface area contributed by atoms with Crippen molar-refractivity contribution in [2.75, 3.05) is 26.2 Å². The Bertz CT molecular complexity index is 911. The first kappa shape index (κ1) is 27.1. The Hall–Kier alpha value is -2.10. The molecular weight excluding hydrogens is 527 g/mol. The van der Waals surface area contributed by atoms with Crippen molar-refractivity contribution in [3.63, 3.8) is 0 Å². The van der Waals surface area contributed by atoms with Gasteiger partial charge in [0, 0.05) is 56.8 Å². The summed E-state index contributed by atoms with van der Waals surface area (Å²) in [7, 11) is 2.01. The molecule has 33 heavy (non-hydrogen) atoms. The van der Waals surface area contributed by atoms with Crippen LogP contribution in [-0.4, -0.2) is 52.7 Å². The van der Waals surface area contributed by atoms with Crippen molar-refractivity contribution in [3.05, 3.63) is 52.8 Å². The molecule has 1 aromatic carbocycles. The van der Waals surface area contributed by atoms with E-state index >= 15 is 0 Å². The van der Waals surface area contributed by atoms with Gasteiger partial charge >= 0.3 is 0 Å². The SMILES string of the molecule is CCNC(=NCc1c(CC)nn(C)c1CC)NCC1CC(=O)N(CCc2ccccc2)C1.I. The third-order valence-electron chi connectivity index (χ3n) is 6.13. The zero-order chi connectivity index (χ0) is 22.9. The fourth-order valence-corrected chi connectivity index (χ4v) is 4.43. The highest BCUT2D eigenvalue weighted by Crippen LogP contribution is 2.18. The number of aryl methyl sites for hydroxylation is 2. The van der Waals surface area contributed by atoms with E-state index in [1.165, 1.54) is 16.8 Å². The van der Waals surface area contributed by atoms with Gasteiger partial charge in [-0.1, -0.05) is 44.2 Å². The fourth-order valence-electron chi connectivity index (χ4n) is 4.43. The standard InChI is InChI=1S/C25H38N6O.HI/c1-5-22-21(23(6-2)30(4)29-22)17-28-25(26-7-3)27-16-20-15-24(32)31(18-20)14-13-19-11-9-8-10-12-19;/h8-12,20H,5-7,13-18H2,1-4H3,(H2,26,27,28);1H. The number of hydrogen-bond donors (Lipinski definition) is 2. The maximum absolute atomic E-state index is 12.5. The van der Waals surface area contributed by atoms with Crippen LogP contribution in [0.4, 0.5) is 0 Å². The van der Waals surface area contributed by atoms with Gasteiger partial charge in [0.2, 0.25) is 5.91 Å². The molecule has 0 saturated carbocycles. The summed E-state index contributed by atoms with van der Waals surface area (Å²) in [6, 6.07) is 10.4. The van der Waals surface area contributed by atoms with E-state index in [-0.39, 0.29) is 29.9 Å². The molecule has 0 bridgehead atoms. The summed E-state index contributed by atoms with van der Waals surface area (Å²) >= 11 is 0. The van der Waals surface area contributed by atoms with Crippen LogP contribution in [0.3, 0.4) is 0 Å². The summed E-state index contributed by atoms with van der Waals surface area (Å²) in [6.45, 7) is 10.1. The summed E-state index contributed by atoms with van der Waals surface area (Å²) in [5, 5.41) is 11.5. The predicted molar refractivity (Wildman–Crippen MR) is 145 cm³/mol. The fraction of sp³-hybridized carbons (Fsp3) is 0.560. The van der Waals surface area contributed by atoms with Crippen LogP contribution in [0.5, 0.6) is 0 Å². The molecule has 1 saturated heterocycles. The lowest BCUT2D eigenvalue weighted by Crippen LogP contribution is -2.40. The maximum Gasteiger partial charge on any atom is 0.223 e. The lowest BCUT2D eigenvalue weighted by atomic mass is 10.1. The summed E-state index contributed by atoms with van der Waals surface area (Å²) in [5.74, 6) is 1.36. The highest BCUT2D eigenvalue weighted by molar-refractivity contribution is 14.0. The molecule has 0 aliphatic carbocycles. The van der Waals surface area contributed by atoms with Gasteiger partial charge in [-0.25, -0.2) is 4.99 Å². The second kappa shape index (κ2) is 13.6. The topological polar surface area (TPSA) is 74.5 Å². The maximum atomic E-state index is 12.5. The lowest BCUT2D eigenvalue weighted by Gasteiger charge is -2.18. The summed E-state index contributed by atoms with van der Waals surface area (Å²) < 4.78 is 1.98. The molecular formula is C25H39IN6O. The number of carbonyl (C=O) groups excluding carboxylic acids is 1. The molecule has 8 heteroatoms. The first-order valence-electron chi connectivity index (χ1n) is 11.9. The van der Waals surface area contributed by atoms with Gasteiger partial charge in [0.05, 0.1) is 12.2 Å². The molecule has 1 amide bonds. The minimum Gasteiger partial charge on any atom is -0.357 e. The van der Waals surface area contributed by atoms with Crippen LogP contribution in [-0.2, 0) is 37.6 Å². The first-order chi connectivity index (χ1) is 15.5. The van der Waals surface area contributed by atoms with Crippen LogP contribution in [0.15, 0.2) is 35.3 Å². The van der Waals surface area contributed by atoms with Crippen molar-refractivity contribution in [1.29, 1.82) is 0 Å². The third kappa shape index (κ3) is 7.45. The Morgan fingerprint density at radius 2 is 1.91 bits per heavy atom. The number of aliphatic imine (C=N–C) groups is 1. The lowest BCUT2D eigenvalue weighted by molar-refractivity contribution is -0.127. The van der Waals surface area contributed by atoms with Gasteiger partial charge in [0.15, 0.2) is 5.96 Å². The van der Waals surface area contributed by atoms with E-state index in [1.807, 2.05) is 34.8 Å². The van der Waals surface area contributed by atoms with Crippen LogP contribution in [0.25, 0.3) is 0 Å². The first-order valence-corrected chi connectivity index (χ1v) is 11.9. The molecule has 1 aliphatic rings. The van der Waals surface area contributed by atoms with Crippen LogP contribution in [0.2, 0.25) is 0 Å². The minimum absolute atomic E-state index is 0. The predicted octanol–water partition coefficient (Wildman–Crippen LogP) is 3.31. The number of benzene rings is 1. The monoisotopic (exact) mass is 566 g/mol. The molecule has 182 valence electrons. The molecule has 0 radical (unpaired) electrons. The molecule has 7 nitrogen and oxygen atoms in total. The Labute approximate surface area is 215 Å². The molecule has 1 atom stereocenters. The Morgan fingerprint density at radius 3 is 2.58 bits per heavy atom. The second-order valence-corrected chi connectivity index (χ2v) is 8.42. The van der Waals surface area contributed by atoms with Crippen molar-refractivity contribution < 1.29 is 4.79 Å². The number of nitrogens with one attached hydrogen (secondary N) is 2. The number of carbonyl (C=O) groups is 1. The van der Waals surface area contributed by atoms with E-state index in [2.05, 4.69) is 48.6 Å². The highest BCUT2D eigenvalue weighted by atomic mass is 127. The van der Waals surface area contributed by atoms with Gasteiger partial charge in [-0.05, 0) is 31.7 Å². The van der Waals surface area contributed by atoms with Crippen LogP contribution in [0.1, 0.15) is 49.7 Å². The average Bonchev–Trinajstić information content (AvgIpc) is 3.32. The summed E-state index contributed by atoms with van der Waals surface area (Å²) in [5.41, 5.74) is 4.88. The smallest absolute Gasteiger partial charge is 0.223 e. The van der Waals surface area contributed by atoms with Crippen molar-refractivity contribution >= 4 is 35.8 Å². The number of rotatable bonds is 10. The van der Waals surface area contributed by atoms with Crippen LogP contribution >= 0.6 is 24.0 Å². The average molecular weight is 567 g/mol. The van der Waals surface area contributed by atoms with Crippen molar-refractivity contribution in [2.24, 2.45) is 18.0 Å². The number of hydrogen-bond acceptors (Lipinski definition) is 3. The van der Waals surface area contributed by atoms with Gasteiger partial charge in [-0.2, -0.15) is 5.10 Å². The number of amides is 1. The van der Waals surface area contributed by atoms with E-state index in [0.29, 0.717) is 18.9 Å². The van der Waals surface area contributed by atoms with E-state index in [0.717, 1.165) is 57.1 Å². The molecule has 2 aromatic rings. The van der Waals surface area contributed by atoms with Gasteiger partial charge in [0.1, 0.15) is 0 Å². The molecule has 2 N–H and O–H groups in total. The number of nitrogens with zero attached hydrogens (tertiary/aromatic N) is 4. The molecule has 0 spiro atoms. The van der Waals surface area contributed by atoms with Crippen LogP contribution in [0, 0.1) is 5.92 Å². The molecule has 2 heterocycles.